The van der Waals surface area contributed by atoms with Gasteiger partial charge < -0.3 is 14.6 Å². The van der Waals surface area contributed by atoms with E-state index in [2.05, 4.69) is 40.3 Å². The first kappa shape index (κ1) is 16.8. The zero-order valence-electron chi connectivity index (χ0n) is 14.7. The third kappa shape index (κ3) is 3.78. The van der Waals surface area contributed by atoms with E-state index in [1.54, 1.807) is 6.07 Å². The fourth-order valence-corrected chi connectivity index (χ4v) is 3.39. The van der Waals surface area contributed by atoms with Crippen LogP contribution in [-0.4, -0.2) is 27.3 Å². The molecular weight excluding hydrogens is 328 g/mol. The molecule has 4 rings (SSSR count). The minimum absolute atomic E-state index is 0.0109. The molecule has 0 spiro atoms. The lowest BCUT2D eigenvalue weighted by atomic mass is 10.1. The summed E-state index contributed by atoms with van der Waals surface area (Å²) in [6.45, 7) is 2.46. The van der Waals surface area contributed by atoms with Gasteiger partial charge in [0.1, 0.15) is 19.0 Å². The third-order valence-corrected chi connectivity index (χ3v) is 4.90. The number of rotatable bonds is 5. The number of aromatic nitrogens is 2. The average Bonchev–Trinajstić information content (AvgIpc) is 2.97. The molecule has 3 aromatic rings. The number of aliphatic hydroxyl groups excluding tert-OH is 1. The lowest BCUT2D eigenvalue weighted by Crippen LogP contribution is -2.14. The molecule has 2 aromatic carbocycles. The van der Waals surface area contributed by atoms with Crippen molar-refractivity contribution in [1.29, 1.82) is 0 Å². The SMILES string of the molecule is C[C@H]1C[C@@H](Oc2cc(OCc3ccc4ccccc4c3)ncn2)C[C@@H]1O. The van der Waals surface area contributed by atoms with E-state index in [0.29, 0.717) is 24.8 Å². The summed E-state index contributed by atoms with van der Waals surface area (Å²) < 4.78 is 11.7. The van der Waals surface area contributed by atoms with Crippen molar-refractivity contribution in [3.63, 3.8) is 0 Å². The Bertz CT molecular complexity index is 889. The van der Waals surface area contributed by atoms with Crippen molar-refractivity contribution < 1.29 is 14.6 Å². The molecule has 1 aliphatic carbocycles. The predicted octanol–water partition coefficient (Wildman–Crippen LogP) is 3.75. The molecule has 1 N–H and O–H groups in total. The van der Waals surface area contributed by atoms with Crippen molar-refractivity contribution in [3.05, 3.63) is 60.4 Å². The molecule has 0 aliphatic heterocycles. The summed E-state index contributed by atoms with van der Waals surface area (Å²) in [6, 6.07) is 16.2. The monoisotopic (exact) mass is 350 g/mol. The van der Waals surface area contributed by atoms with Crippen molar-refractivity contribution in [2.75, 3.05) is 0 Å². The summed E-state index contributed by atoms with van der Waals surface area (Å²) in [5, 5.41) is 12.2. The number of fused-ring (bicyclic) bond motifs is 1. The van der Waals surface area contributed by atoms with Crippen LogP contribution < -0.4 is 9.47 Å². The van der Waals surface area contributed by atoms with Gasteiger partial charge >= 0.3 is 0 Å². The largest absolute Gasteiger partial charge is 0.474 e. The minimum atomic E-state index is -0.300. The van der Waals surface area contributed by atoms with Gasteiger partial charge in [-0.2, -0.15) is 0 Å². The van der Waals surface area contributed by atoms with E-state index in [9.17, 15) is 5.11 Å². The Balaban J connectivity index is 1.40. The molecule has 26 heavy (non-hydrogen) atoms. The second-order valence-electron chi connectivity index (χ2n) is 6.92. The molecule has 5 heteroatoms. The topological polar surface area (TPSA) is 64.5 Å². The zero-order chi connectivity index (χ0) is 17.9. The van der Waals surface area contributed by atoms with Crippen LogP contribution in [0, 0.1) is 5.92 Å². The van der Waals surface area contributed by atoms with Crippen molar-refractivity contribution >= 4 is 10.8 Å². The van der Waals surface area contributed by atoms with E-state index < -0.39 is 0 Å². The van der Waals surface area contributed by atoms with E-state index >= 15 is 0 Å². The van der Waals surface area contributed by atoms with Gasteiger partial charge in [-0.3, -0.25) is 0 Å². The average molecular weight is 350 g/mol. The summed E-state index contributed by atoms with van der Waals surface area (Å²) in [5.41, 5.74) is 1.08. The van der Waals surface area contributed by atoms with Crippen LogP contribution in [0.3, 0.4) is 0 Å². The van der Waals surface area contributed by atoms with Crippen molar-refractivity contribution in [2.24, 2.45) is 5.92 Å². The Labute approximate surface area is 152 Å². The van der Waals surface area contributed by atoms with Crippen LogP contribution in [0.1, 0.15) is 25.3 Å². The van der Waals surface area contributed by atoms with Crippen LogP contribution >= 0.6 is 0 Å². The van der Waals surface area contributed by atoms with Gasteiger partial charge in [0.05, 0.1) is 12.2 Å². The maximum absolute atomic E-state index is 9.85. The third-order valence-electron chi connectivity index (χ3n) is 4.90. The zero-order valence-corrected chi connectivity index (χ0v) is 14.7. The van der Waals surface area contributed by atoms with Gasteiger partial charge in [-0.25, -0.2) is 9.97 Å². The first-order chi connectivity index (χ1) is 12.7. The van der Waals surface area contributed by atoms with Crippen molar-refractivity contribution in [2.45, 2.75) is 38.6 Å². The Morgan fingerprint density at radius 3 is 2.62 bits per heavy atom. The minimum Gasteiger partial charge on any atom is -0.474 e. The summed E-state index contributed by atoms with van der Waals surface area (Å²) in [6.07, 6.45) is 2.60. The number of ether oxygens (including phenoxy) is 2. The normalized spacial score (nSPS) is 22.5. The van der Waals surface area contributed by atoms with Crippen LogP contribution in [0.5, 0.6) is 11.8 Å². The molecule has 1 aliphatic rings. The van der Waals surface area contributed by atoms with E-state index in [1.807, 2.05) is 19.1 Å². The maximum Gasteiger partial charge on any atom is 0.220 e. The molecule has 1 saturated carbocycles. The highest BCUT2D eigenvalue weighted by Gasteiger charge is 2.31. The molecule has 1 heterocycles. The predicted molar refractivity (Wildman–Crippen MR) is 99.1 cm³/mol. The quantitative estimate of drug-likeness (QED) is 0.759. The van der Waals surface area contributed by atoms with Gasteiger partial charge in [-0.1, -0.05) is 43.3 Å². The number of aliphatic hydroxyl groups is 1. The molecular formula is C21H22N2O3. The van der Waals surface area contributed by atoms with Crippen molar-refractivity contribution in [3.8, 4) is 11.8 Å². The second kappa shape index (κ2) is 7.30. The van der Waals surface area contributed by atoms with Crippen molar-refractivity contribution in [1.82, 2.24) is 9.97 Å². The van der Waals surface area contributed by atoms with Gasteiger partial charge in [0.15, 0.2) is 0 Å². The molecule has 134 valence electrons. The molecule has 1 aromatic heterocycles. The highest BCUT2D eigenvalue weighted by molar-refractivity contribution is 5.82. The van der Waals surface area contributed by atoms with Crippen LogP contribution in [0.25, 0.3) is 10.8 Å². The number of hydrogen-bond acceptors (Lipinski definition) is 5. The fraction of sp³-hybridized carbons (Fsp3) is 0.333. The van der Waals surface area contributed by atoms with E-state index in [1.165, 1.54) is 17.1 Å². The lowest BCUT2D eigenvalue weighted by molar-refractivity contribution is 0.128. The summed E-state index contributed by atoms with van der Waals surface area (Å²) in [5.74, 6) is 1.22. The highest BCUT2D eigenvalue weighted by Crippen LogP contribution is 2.29. The van der Waals surface area contributed by atoms with Crippen LogP contribution in [0.15, 0.2) is 54.9 Å². The van der Waals surface area contributed by atoms with E-state index in [-0.39, 0.29) is 18.1 Å². The Morgan fingerprint density at radius 2 is 1.81 bits per heavy atom. The molecule has 0 saturated heterocycles. The molecule has 0 bridgehead atoms. The van der Waals surface area contributed by atoms with E-state index in [4.69, 9.17) is 9.47 Å². The molecule has 0 amide bonds. The molecule has 0 unspecified atom stereocenters. The van der Waals surface area contributed by atoms with Gasteiger partial charge in [0.25, 0.3) is 0 Å². The van der Waals surface area contributed by atoms with Gasteiger partial charge in [0, 0.05) is 6.42 Å². The molecule has 1 fully saturated rings. The highest BCUT2D eigenvalue weighted by atomic mass is 16.5. The second-order valence-corrected chi connectivity index (χ2v) is 6.92. The summed E-state index contributed by atoms with van der Waals surface area (Å²) >= 11 is 0. The summed E-state index contributed by atoms with van der Waals surface area (Å²) in [7, 11) is 0. The van der Waals surface area contributed by atoms with Gasteiger partial charge in [-0.15, -0.1) is 0 Å². The van der Waals surface area contributed by atoms with Crippen LogP contribution in [0.2, 0.25) is 0 Å². The standard InChI is InChI=1S/C21H22N2O3/c1-14-8-18(10-19(14)24)26-21-11-20(22-13-23-21)25-12-15-6-7-16-4-2-3-5-17(16)9-15/h2-7,9,11,13-14,18-19,24H,8,10,12H2,1H3/t14-,18+,19-/m0/s1. The number of benzene rings is 2. The van der Waals surface area contributed by atoms with Gasteiger partial charge in [-0.05, 0) is 34.7 Å². The number of nitrogens with zero attached hydrogens (tertiary/aromatic N) is 2. The molecule has 0 radical (unpaired) electrons. The van der Waals surface area contributed by atoms with Crippen LogP contribution in [-0.2, 0) is 6.61 Å². The first-order valence-corrected chi connectivity index (χ1v) is 8.94. The maximum atomic E-state index is 9.85. The van der Waals surface area contributed by atoms with E-state index in [0.717, 1.165) is 12.0 Å². The Hall–Kier alpha value is -2.66. The fourth-order valence-electron chi connectivity index (χ4n) is 3.39. The summed E-state index contributed by atoms with van der Waals surface area (Å²) in [4.78, 5) is 8.31. The number of hydrogen-bond donors (Lipinski definition) is 1. The molecule has 3 atom stereocenters. The lowest BCUT2D eigenvalue weighted by Gasteiger charge is -2.13. The Morgan fingerprint density at radius 1 is 1.00 bits per heavy atom. The Kier molecular flexibility index (Phi) is 4.71. The smallest absolute Gasteiger partial charge is 0.220 e. The van der Waals surface area contributed by atoms with Gasteiger partial charge in [0.2, 0.25) is 11.8 Å². The molecule has 5 nitrogen and oxygen atoms in total. The first-order valence-electron chi connectivity index (χ1n) is 8.94. The van der Waals surface area contributed by atoms with Crippen LogP contribution in [0.4, 0.5) is 0 Å².